The molecule has 1 aliphatic rings. The van der Waals surface area contributed by atoms with Crippen molar-refractivity contribution in [3.8, 4) is 0 Å². The van der Waals surface area contributed by atoms with Gasteiger partial charge in [-0.25, -0.2) is 4.39 Å². The van der Waals surface area contributed by atoms with Gasteiger partial charge in [0.15, 0.2) is 0 Å². The van der Waals surface area contributed by atoms with Gasteiger partial charge in [0.05, 0.1) is 5.02 Å². The number of halogens is 4. The van der Waals surface area contributed by atoms with Gasteiger partial charge >= 0.3 is 0 Å². The lowest BCUT2D eigenvalue weighted by molar-refractivity contribution is -0.117. The molecule has 0 saturated carbocycles. The molecular formula is C11H9Cl3FNO. The second-order valence-corrected chi connectivity index (χ2v) is 5.05. The van der Waals surface area contributed by atoms with Gasteiger partial charge in [-0.1, -0.05) is 11.6 Å². The third kappa shape index (κ3) is 2.37. The SMILES string of the molecule is O=C1C(Cl)C(CCl)CN1c1ccc(F)c(Cl)c1. The van der Waals surface area contributed by atoms with E-state index in [0.29, 0.717) is 18.1 Å². The summed E-state index contributed by atoms with van der Waals surface area (Å²) in [5.74, 6) is -0.529. The molecule has 2 atom stereocenters. The smallest absolute Gasteiger partial charge is 0.245 e. The minimum atomic E-state index is -0.628. The van der Waals surface area contributed by atoms with Crippen molar-refractivity contribution in [3.05, 3.63) is 29.0 Å². The molecule has 0 spiro atoms. The number of carbonyl (C=O) groups is 1. The first-order chi connectivity index (χ1) is 8.04. The van der Waals surface area contributed by atoms with Gasteiger partial charge in [0, 0.05) is 24.0 Å². The fraction of sp³-hybridized carbons (Fsp3) is 0.364. The average Bonchev–Trinajstić information content (AvgIpc) is 2.60. The Morgan fingerprint density at radius 2 is 2.18 bits per heavy atom. The van der Waals surface area contributed by atoms with Crippen LogP contribution in [0.1, 0.15) is 0 Å². The normalized spacial score (nSPS) is 24.5. The zero-order chi connectivity index (χ0) is 12.6. The van der Waals surface area contributed by atoms with Crippen LogP contribution in [0.4, 0.5) is 10.1 Å². The van der Waals surface area contributed by atoms with Gasteiger partial charge in [-0.3, -0.25) is 4.79 Å². The molecule has 2 rings (SSSR count). The summed E-state index contributed by atoms with van der Waals surface area (Å²) in [5.41, 5.74) is 0.541. The fourth-order valence-electron chi connectivity index (χ4n) is 1.78. The molecule has 1 aliphatic heterocycles. The highest BCUT2D eigenvalue weighted by atomic mass is 35.5. The average molecular weight is 297 g/mol. The summed E-state index contributed by atoms with van der Waals surface area (Å²) in [7, 11) is 0. The highest BCUT2D eigenvalue weighted by Gasteiger charge is 2.39. The lowest BCUT2D eigenvalue weighted by Crippen LogP contribution is -2.27. The van der Waals surface area contributed by atoms with Crippen LogP contribution >= 0.6 is 34.8 Å². The van der Waals surface area contributed by atoms with Crippen LogP contribution in [0.5, 0.6) is 0 Å². The minimum Gasteiger partial charge on any atom is -0.311 e. The Balaban J connectivity index is 2.29. The van der Waals surface area contributed by atoms with Crippen molar-refractivity contribution in [2.45, 2.75) is 5.38 Å². The molecular weight excluding hydrogens is 287 g/mol. The van der Waals surface area contributed by atoms with Crippen molar-refractivity contribution >= 4 is 46.4 Å². The number of nitrogens with zero attached hydrogens (tertiary/aromatic N) is 1. The zero-order valence-electron chi connectivity index (χ0n) is 8.67. The molecule has 1 heterocycles. The van der Waals surface area contributed by atoms with Crippen LogP contribution in [-0.4, -0.2) is 23.7 Å². The van der Waals surface area contributed by atoms with Crippen molar-refractivity contribution in [2.75, 3.05) is 17.3 Å². The Labute approximate surface area is 113 Å². The van der Waals surface area contributed by atoms with Crippen molar-refractivity contribution in [2.24, 2.45) is 5.92 Å². The number of hydrogen-bond donors (Lipinski definition) is 0. The van der Waals surface area contributed by atoms with Crippen molar-refractivity contribution in [1.82, 2.24) is 0 Å². The van der Waals surface area contributed by atoms with E-state index in [1.807, 2.05) is 0 Å². The number of benzene rings is 1. The summed E-state index contributed by atoms with van der Waals surface area (Å²) in [4.78, 5) is 13.4. The number of hydrogen-bond acceptors (Lipinski definition) is 1. The van der Waals surface area contributed by atoms with Crippen molar-refractivity contribution in [1.29, 1.82) is 0 Å². The third-order valence-electron chi connectivity index (χ3n) is 2.75. The molecule has 1 aromatic rings. The van der Waals surface area contributed by atoms with Gasteiger partial charge in [0.25, 0.3) is 0 Å². The lowest BCUT2D eigenvalue weighted by atomic mass is 10.1. The number of anilines is 1. The van der Waals surface area contributed by atoms with Crippen LogP contribution in [0.2, 0.25) is 5.02 Å². The highest BCUT2D eigenvalue weighted by Crippen LogP contribution is 2.31. The number of alkyl halides is 2. The molecule has 1 fully saturated rings. The first kappa shape index (κ1) is 12.9. The Morgan fingerprint density at radius 3 is 2.71 bits per heavy atom. The maximum atomic E-state index is 13.0. The topological polar surface area (TPSA) is 20.3 Å². The molecule has 2 nitrogen and oxygen atoms in total. The first-order valence-corrected chi connectivity index (χ1v) is 6.36. The molecule has 1 amide bonds. The maximum Gasteiger partial charge on any atom is 0.245 e. The predicted molar refractivity (Wildman–Crippen MR) is 67.6 cm³/mol. The number of rotatable bonds is 2. The van der Waals surface area contributed by atoms with E-state index in [4.69, 9.17) is 34.8 Å². The van der Waals surface area contributed by atoms with E-state index >= 15 is 0 Å². The Kier molecular flexibility index (Phi) is 3.81. The molecule has 0 aromatic heterocycles. The van der Waals surface area contributed by atoms with Gasteiger partial charge in [-0.2, -0.15) is 0 Å². The van der Waals surface area contributed by atoms with E-state index in [9.17, 15) is 9.18 Å². The molecule has 0 N–H and O–H groups in total. The van der Waals surface area contributed by atoms with Crippen LogP contribution in [0.25, 0.3) is 0 Å². The standard InChI is InChI=1S/C11H9Cl3FNO/c12-4-6-5-16(11(17)10(6)14)7-1-2-9(15)8(13)3-7/h1-3,6,10H,4-5H2. The van der Waals surface area contributed by atoms with Crippen molar-refractivity contribution < 1.29 is 9.18 Å². The van der Waals surface area contributed by atoms with Gasteiger partial charge in [-0.05, 0) is 18.2 Å². The summed E-state index contributed by atoms with van der Waals surface area (Å²) in [6.07, 6.45) is 0. The van der Waals surface area contributed by atoms with Crippen LogP contribution in [0, 0.1) is 11.7 Å². The van der Waals surface area contributed by atoms with E-state index < -0.39 is 11.2 Å². The van der Waals surface area contributed by atoms with E-state index in [1.54, 1.807) is 0 Å². The molecule has 17 heavy (non-hydrogen) atoms. The van der Waals surface area contributed by atoms with E-state index in [-0.39, 0.29) is 16.8 Å². The summed E-state index contributed by atoms with van der Waals surface area (Å²) < 4.78 is 13.0. The Bertz CT molecular complexity index is 454. The lowest BCUT2D eigenvalue weighted by Gasteiger charge is -2.16. The molecule has 0 aliphatic carbocycles. The number of carbonyl (C=O) groups excluding carboxylic acids is 1. The van der Waals surface area contributed by atoms with Crippen LogP contribution in [0.3, 0.4) is 0 Å². The van der Waals surface area contributed by atoms with E-state index in [2.05, 4.69) is 0 Å². The molecule has 6 heteroatoms. The molecule has 0 radical (unpaired) electrons. The summed E-state index contributed by atoms with van der Waals surface area (Å²) in [6.45, 7) is 0.429. The Morgan fingerprint density at radius 1 is 1.47 bits per heavy atom. The summed E-state index contributed by atoms with van der Waals surface area (Å²) >= 11 is 17.4. The fourth-order valence-corrected chi connectivity index (χ4v) is 2.61. The molecule has 0 bridgehead atoms. The number of amides is 1. The van der Waals surface area contributed by atoms with E-state index in [1.165, 1.54) is 23.1 Å². The summed E-state index contributed by atoms with van der Waals surface area (Å²) in [5, 5.41) is -0.646. The van der Waals surface area contributed by atoms with Gasteiger partial charge in [-0.15, -0.1) is 23.2 Å². The largest absolute Gasteiger partial charge is 0.311 e. The zero-order valence-corrected chi connectivity index (χ0v) is 10.9. The van der Waals surface area contributed by atoms with Crippen LogP contribution < -0.4 is 4.90 Å². The first-order valence-electron chi connectivity index (χ1n) is 5.01. The minimum absolute atomic E-state index is 0.0178. The second-order valence-electron chi connectivity index (χ2n) is 3.86. The molecule has 92 valence electrons. The van der Waals surface area contributed by atoms with Crippen LogP contribution in [0.15, 0.2) is 18.2 Å². The Hall–Kier alpha value is -0.510. The highest BCUT2D eigenvalue weighted by molar-refractivity contribution is 6.35. The van der Waals surface area contributed by atoms with Gasteiger partial charge in [0.2, 0.25) is 5.91 Å². The molecule has 1 aromatic carbocycles. The third-order valence-corrected chi connectivity index (χ3v) is 3.98. The van der Waals surface area contributed by atoms with Gasteiger partial charge < -0.3 is 4.90 Å². The molecule has 2 unspecified atom stereocenters. The maximum absolute atomic E-state index is 13.0. The quantitative estimate of drug-likeness (QED) is 0.767. The summed E-state index contributed by atoms with van der Waals surface area (Å²) in [6, 6.07) is 4.14. The second kappa shape index (κ2) is 5.01. The van der Waals surface area contributed by atoms with E-state index in [0.717, 1.165) is 0 Å². The predicted octanol–water partition coefficient (Wildman–Crippen LogP) is 3.29. The van der Waals surface area contributed by atoms with Gasteiger partial charge in [0.1, 0.15) is 11.2 Å². The van der Waals surface area contributed by atoms with Crippen molar-refractivity contribution in [3.63, 3.8) is 0 Å². The molecule has 1 saturated heterocycles. The monoisotopic (exact) mass is 295 g/mol. The van der Waals surface area contributed by atoms with Crippen LogP contribution in [-0.2, 0) is 4.79 Å².